The second kappa shape index (κ2) is 5.88. The molecular formula is C13H14N2O3S. The molecule has 0 spiro atoms. The minimum absolute atomic E-state index is 0.326. The summed E-state index contributed by atoms with van der Waals surface area (Å²) in [5.41, 5.74) is 1.08. The zero-order valence-electron chi connectivity index (χ0n) is 10.7. The first-order valence-corrected chi connectivity index (χ1v) is 6.87. The second-order valence-corrected chi connectivity index (χ2v) is 5.08. The highest BCUT2D eigenvalue weighted by Gasteiger charge is 2.09. The maximum atomic E-state index is 11.0. The molecule has 1 N–H and O–H groups in total. The average Bonchev–Trinajstić information content (AvgIpc) is 2.85. The molecule has 0 amide bonds. The van der Waals surface area contributed by atoms with Crippen molar-refractivity contribution in [1.82, 2.24) is 10.1 Å². The normalized spacial score (nSPS) is 10.6. The van der Waals surface area contributed by atoms with Crippen molar-refractivity contribution in [3.63, 3.8) is 0 Å². The van der Waals surface area contributed by atoms with Crippen molar-refractivity contribution < 1.29 is 14.4 Å². The molecule has 19 heavy (non-hydrogen) atoms. The summed E-state index contributed by atoms with van der Waals surface area (Å²) in [5, 5.41) is 12.9. The van der Waals surface area contributed by atoms with Gasteiger partial charge in [0.25, 0.3) is 0 Å². The van der Waals surface area contributed by atoms with Crippen LogP contribution in [0.15, 0.2) is 27.6 Å². The first-order chi connectivity index (χ1) is 9.10. The largest absolute Gasteiger partial charge is 0.478 e. The zero-order chi connectivity index (χ0) is 13.8. The number of rotatable bonds is 5. The molecular weight excluding hydrogens is 264 g/mol. The van der Waals surface area contributed by atoms with E-state index >= 15 is 0 Å². The number of hydrogen-bond donors (Lipinski definition) is 1. The van der Waals surface area contributed by atoms with Gasteiger partial charge in [-0.3, -0.25) is 0 Å². The van der Waals surface area contributed by atoms with E-state index in [1.54, 1.807) is 19.1 Å². The van der Waals surface area contributed by atoms with Crippen LogP contribution < -0.4 is 0 Å². The standard InChI is InChI=1S/C13H14N2O3S/c1-3-12-14-11(15-18-12)7-19-9-5-4-8(2)10(6-9)13(16)17/h4-6H,3,7H2,1-2H3,(H,16,17). The maximum Gasteiger partial charge on any atom is 0.335 e. The van der Waals surface area contributed by atoms with Crippen molar-refractivity contribution in [2.75, 3.05) is 0 Å². The van der Waals surface area contributed by atoms with Crippen LogP contribution in [0.1, 0.15) is 34.6 Å². The molecule has 0 aliphatic rings. The van der Waals surface area contributed by atoms with Crippen molar-refractivity contribution in [2.24, 2.45) is 0 Å². The van der Waals surface area contributed by atoms with E-state index < -0.39 is 5.97 Å². The molecule has 6 heteroatoms. The van der Waals surface area contributed by atoms with Gasteiger partial charge in [0.05, 0.1) is 11.3 Å². The van der Waals surface area contributed by atoms with E-state index in [9.17, 15) is 4.79 Å². The molecule has 100 valence electrons. The van der Waals surface area contributed by atoms with E-state index in [1.807, 2.05) is 13.0 Å². The highest BCUT2D eigenvalue weighted by Crippen LogP contribution is 2.24. The number of aromatic nitrogens is 2. The van der Waals surface area contributed by atoms with E-state index in [4.69, 9.17) is 9.63 Å². The Hall–Kier alpha value is -1.82. The fourth-order valence-electron chi connectivity index (χ4n) is 1.56. The fraction of sp³-hybridized carbons (Fsp3) is 0.308. The SMILES string of the molecule is CCc1nc(CSc2ccc(C)c(C(=O)O)c2)no1. The van der Waals surface area contributed by atoms with Crippen LogP contribution in [0.4, 0.5) is 0 Å². The Kier molecular flexibility index (Phi) is 4.21. The van der Waals surface area contributed by atoms with Crippen molar-refractivity contribution in [3.8, 4) is 0 Å². The summed E-state index contributed by atoms with van der Waals surface area (Å²) in [4.78, 5) is 16.1. The van der Waals surface area contributed by atoms with Crippen molar-refractivity contribution in [1.29, 1.82) is 0 Å². The zero-order valence-corrected chi connectivity index (χ0v) is 11.5. The Bertz CT molecular complexity index is 595. The van der Waals surface area contributed by atoms with Crippen LogP contribution in [-0.4, -0.2) is 21.2 Å². The van der Waals surface area contributed by atoms with Crippen molar-refractivity contribution in [3.05, 3.63) is 41.0 Å². The molecule has 1 aromatic heterocycles. The molecule has 0 aliphatic heterocycles. The summed E-state index contributed by atoms with van der Waals surface area (Å²) < 4.78 is 5.01. The third-order valence-corrected chi connectivity index (χ3v) is 3.61. The molecule has 2 aromatic rings. The van der Waals surface area contributed by atoms with E-state index in [1.165, 1.54) is 11.8 Å². The Morgan fingerprint density at radius 2 is 2.26 bits per heavy atom. The average molecular weight is 278 g/mol. The molecule has 0 saturated heterocycles. The molecule has 0 fully saturated rings. The number of hydrogen-bond acceptors (Lipinski definition) is 5. The van der Waals surface area contributed by atoms with Crippen LogP contribution in [0.25, 0.3) is 0 Å². The van der Waals surface area contributed by atoms with Gasteiger partial charge in [-0.05, 0) is 24.6 Å². The number of carboxylic acids is 1. The highest BCUT2D eigenvalue weighted by atomic mass is 32.2. The van der Waals surface area contributed by atoms with Crippen LogP contribution in [0, 0.1) is 6.92 Å². The summed E-state index contributed by atoms with van der Waals surface area (Å²) >= 11 is 1.49. The van der Waals surface area contributed by atoms with Crippen molar-refractivity contribution >= 4 is 17.7 Å². The summed E-state index contributed by atoms with van der Waals surface area (Å²) in [5.74, 6) is 0.892. The number of carboxylic acid groups (broad SMARTS) is 1. The lowest BCUT2D eigenvalue weighted by molar-refractivity contribution is 0.0696. The monoisotopic (exact) mass is 278 g/mol. The third kappa shape index (κ3) is 3.35. The Labute approximate surface area is 115 Å². The Morgan fingerprint density at radius 3 is 2.89 bits per heavy atom. The van der Waals surface area contributed by atoms with Gasteiger partial charge in [-0.1, -0.05) is 18.1 Å². The van der Waals surface area contributed by atoms with Crippen LogP contribution in [0.5, 0.6) is 0 Å². The minimum atomic E-state index is -0.909. The molecule has 0 unspecified atom stereocenters. The van der Waals surface area contributed by atoms with E-state index in [0.717, 1.165) is 10.5 Å². The van der Waals surface area contributed by atoms with Crippen LogP contribution in [0.2, 0.25) is 0 Å². The van der Waals surface area contributed by atoms with Gasteiger partial charge in [-0.25, -0.2) is 4.79 Å². The van der Waals surface area contributed by atoms with E-state index in [0.29, 0.717) is 29.5 Å². The maximum absolute atomic E-state index is 11.0. The topological polar surface area (TPSA) is 76.2 Å². The second-order valence-electron chi connectivity index (χ2n) is 4.03. The van der Waals surface area contributed by atoms with Crippen LogP contribution in [0.3, 0.4) is 0 Å². The molecule has 2 rings (SSSR count). The lowest BCUT2D eigenvalue weighted by Crippen LogP contribution is -1.99. The molecule has 0 radical (unpaired) electrons. The quantitative estimate of drug-likeness (QED) is 0.847. The smallest absolute Gasteiger partial charge is 0.335 e. The van der Waals surface area contributed by atoms with Gasteiger partial charge >= 0.3 is 5.97 Å². The van der Waals surface area contributed by atoms with Crippen LogP contribution in [-0.2, 0) is 12.2 Å². The van der Waals surface area contributed by atoms with Gasteiger partial charge in [-0.2, -0.15) is 4.98 Å². The number of aryl methyl sites for hydroxylation is 2. The summed E-state index contributed by atoms with van der Waals surface area (Å²) in [6.07, 6.45) is 0.714. The minimum Gasteiger partial charge on any atom is -0.478 e. The van der Waals surface area contributed by atoms with E-state index in [-0.39, 0.29) is 0 Å². The summed E-state index contributed by atoms with van der Waals surface area (Å²) in [6, 6.07) is 5.37. The van der Waals surface area contributed by atoms with Gasteiger partial charge in [-0.15, -0.1) is 11.8 Å². The fourth-order valence-corrected chi connectivity index (χ4v) is 2.34. The Balaban J connectivity index is 2.07. The molecule has 5 nitrogen and oxygen atoms in total. The number of carbonyl (C=O) groups is 1. The van der Waals surface area contributed by atoms with Gasteiger partial charge < -0.3 is 9.63 Å². The third-order valence-electron chi connectivity index (χ3n) is 2.62. The molecule has 0 aliphatic carbocycles. The number of benzene rings is 1. The molecule has 1 heterocycles. The Morgan fingerprint density at radius 1 is 1.47 bits per heavy atom. The van der Waals surface area contributed by atoms with Gasteiger partial charge in [0.15, 0.2) is 5.82 Å². The van der Waals surface area contributed by atoms with Crippen LogP contribution >= 0.6 is 11.8 Å². The lowest BCUT2D eigenvalue weighted by atomic mass is 10.1. The van der Waals surface area contributed by atoms with Gasteiger partial charge in [0.1, 0.15) is 0 Å². The number of nitrogens with zero attached hydrogens (tertiary/aromatic N) is 2. The molecule has 0 atom stereocenters. The highest BCUT2D eigenvalue weighted by molar-refractivity contribution is 7.98. The van der Waals surface area contributed by atoms with Gasteiger partial charge in [0.2, 0.25) is 5.89 Å². The summed E-state index contributed by atoms with van der Waals surface area (Å²) in [7, 11) is 0. The molecule has 1 aromatic carbocycles. The van der Waals surface area contributed by atoms with E-state index in [2.05, 4.69) is 10.1 Å². The number of thioether (sulfide) groups is 1. The predicted octanol–water partition coefficient (Wildman–Crippen LogP) is 2.93. The van der Waals surface area contributed by atoms with Gasteiger partial charge in [0, 0.05) is 11.3 Å². The first kappa shape index (κ1) is 13.6. The first-order valence-electron chi connectivity index (χ1n) is 5.88. The predicted molar refractivity (Wildman–Crippen MR) is 71.4 cm³/mol. The molecule has 0 saturated carbocycles. The summed E-state index contributed by atoms with van der Waals surface area (Å²) in [6.45, 7) is 3.73. The number of aromatic carboxylic acids is 1. The molecule has 0 bridgehead atoms. The van der Waals surface area contributed by atoms with Crippen molar-refractivity contribution in [2.45, 2.75) is 30.9 Å². The lowest BCUT2D eigenvalue weighted by Gasteiger charge is -2.03.